The zero-order valence-electron chi connectivity index (χ0n) is 10.7. The first-order chi connectivity index (χ1) is 8.45. The van der Waals surface area contributed by atoms with Crippen LogP contribution in [0.15, 0.2) is 22.7 Å². The van der Waals surface area contributed by atoms with Gasteiger partial charge < -0.3 is 9.84 Å². The first-order valence-electron chi connectivity index (χ1n) is 5.74. The number of methoxy groups -OCH3 is 1. The van der Waals surface area contributed by atoms with Crippen molar-refractivity contribution in [2.45, 2.75) is 26.4 Å². The molecule has 0 unspecified atom stereocenters. The molecule has 0 amide bonds. The van der Waals surface area contributed by atoms with E-state index in [2.05, 4.69) is 21.2 Å². The van der Waals surface area contributed by atoms with Crippen LogP contribution in [0.4, 0.5) is 0 Å². The molecule has 0 radical (unpaired) electrons. The number of halogens is 1. The summed E-state index contributed by atoms with van der Waals surface area (Å²) in [7, 11) is 1.60. The summed E-state index contributed by atoms with van der Waals surface area (Å²) in [5.41, 5.74) is 0.929. The maximum absolute atomic E-state index is 11.1. The maximum atomic E-state index is 11.1. The molecule has 0 aliphatic carbocycles. The van der Waals surface area contributed by atoms with E-state index in [0.717, 1.165) is 15.8 Å². The molecule has 0 bridgehead atoms. The number of carboxylic acids is 1. The minimum atomic E-state index is -0.834. The average molecular weight is 316 g/mol. The predicted molar refractivity (Wildman–Crippen MR) is 73.8 cm³/mol. The molecule has 0 aliphatic heterocycles. The second-order valence-electron chi connectivity index (χ2n) is 4.40. The molecule has 1 aromatic rings. The van der Waals surface area contributed by atoms with Gasteiger partial charge in [0.05, 0.1) is 7.11 Å². The molecule has 0 spiro atoms. The van der Waals surface area contributed by atoms with Gasteiger partial charge >= 0.3 is 5.97 Å². The molecule has 100 valence electrons. The van der Waals surface area contributed by atoms with Gasteiger partial charge in [0.2, 0.25) is 0 Å². The van der Waals surface area contributed by atoms with Crippen molar-refractivity contribution < 1.29 is 14.6 Å². The van der Waals surface area contributed by atoms with Crippen molar-refractivity contribution >= 4 is 21.9 Å². The van der Waals surface area contributed by atoms with E-state index in [4.69, 9.17) is 9.84 Å². The van der Waals surface area contributed by atoms with Gasteiger partial charge in [-0.15, -0.1) is 0 Å². The quantitative estimate of drug-likeness (QED) is 0.847. The lowest BCUT2D eigenvalue weighted by Gasteiger charge is -2.19. The molecule has 0 aliphatic rings. The Bertz CT molecular complexity index is 421. The summed E-state index contributed by atoms with van der Waals surface area (Å²) in [4.78, 5) is 11.1. The number of hydrogen-bond donors (Lipinski definition) is 2. The van der Waals surface area contributed by atoms with Gasteiger partial charge in [0.15, 0.2) is 0 Å². The summed E-state index contributed by atoms with van der Waals surface area (Å²) < 4.78 is 6.19. The number of hydrogen-bond acceptors (Lipinski definition) is 3. The zero-order valence-corrected chi connectivity index (χ0v) is 12.3. The van der Waals surface area contributed by atoms with Gasteiger partial charge in [-0.2, -0.15) is 0 Å². The van der Waals surface area contributed by atoms with Gasteiger partial charge in [0.25, 0.3) is 0 Å². The monoisotopic (exact) mass is 315 g/mol. The Kier molecular flexibility index (Phi) is 5.62. The minimum absolute atomic E-state index is 0.0284. The second kappa shape index (κ2) is 6.75. The molecule has 1 atom stereocenters. The van der Waals surface area contributed by atoms with E-state index >= 15 is 0 Å². The Balaban J connectivity index is 2.78. The van der Waals surface area contributed by atoms with E-state index < -0.39 is 12.0 Å². The molecule has 18 heavy (non-hydrogen) atoms. The summed E-state index contributed by atoms with van der Waals surface area (Å²) in [5.74, 6) is -0.0572. The molecular formula is C13H18BrNO3. The van der Waals surface area contributed by atoms with E-state index in [1.54, 1.807) is 7.11 Å². The van der Waals surface area contributed by atoms with Crippen LogP contribution in [0.5, 0.6) is 5.75 Å². The van der Waals surface area contributed by atoms with E-state index in [0.29, 0.717) is 6.54 Å². The van der Waals surface area contributed by atoms with E-state index in [1.165, 1.54) is 0 Å². The Morgan fingerprint density at radius 2 is 2.17 bits per heavy atom. The molecule has 0 saturated heterocycles. The van der Waals surface area contributed by atoms with Crippen molar-refractivity contribution in [3.8, 4) is 5.75 Å². The molecule has 0 heterocycles. The van der Waals surface area contributed by atoms with Crippen molar-refractivity contribution in [3.63, 3.8) is 0 Å². The topological polar surface area (TPSA) is 58.6 Å². The summed E-state index contributed by atoms with van der Waals surface area (Å²) in [6, 6.07) is 5.10. The molecule has 4 nitrogen and oxygen atoms in total. The molecule has 5 heteroatoms. The van der Waals surface area contributed by atoms with Crippen LogP contribution < -0.4 is 10.1 Å². The lowest BCUT2D eigenvalue weighted by molar-refractivity contribution is -0.140. The van der Waals surface area contributed by atoms with Crippen LogP contribution in [0.2, 0.25) is 0 Å². The lowest BCUT2D eigenvalue weighted by atomic mass is 10.0. The van der Waals surface area contributed by atoms with Crippen molar-refractivity contribution in [1.82, 2.24) is 5.32 Å². The molecule has 1 rings (SSSR count). The molecule has 0 fully saturated rings. The summed E-state index contributed by atoms with van der Waals surface area (Å²) >= 11 is 3.39. The fourth-order valence-corrected chi connectivity index (χ4v) is 2.12. The number of carboxylic acid groups (broad SMARTS) is 1. The van der Waals surface area contributed by atoms with Gasteiger partial charge in [-0.05, 0) is 24.1 Å². The van der Waals surface area contributed by atoms with Gasteiger partial charge in [0.1, 0.15) is 11.8 Å². The third-order valence-corrected chi connectivity index (χ3v) is 3.18. The van der Waals surface area contributed by atoms with Gasteiger partial charge in [0, 0.05) is 16.6 Å². The Hall–Kier alpha value is -1.07. The Morgan fingerprint density at radius 1 is 1.50 bits per heavy atom. The standard InChI is InChI=1S/C13H18BrNO3/c1-8(2)12(13(16)17)15-7-9-6-10(14)4-5-11(9)18-3/h4-6,8,12,15H,7H2,1-3H3,(H,16,17)/t12-/m0/s1. The van der Waals surface area contributed by atoms with Crippen LogP contribution in [0.25, 0.3) is 0 Å². The minimum Gasteiger partial charge on any atom is -0.496 e. The Morgan fingerprint density at radius 3 is 2.67 bits per heavy atom. The van der Waals surface area contributed by atoms with Gasteiger partial charge in [-0.1, -0.05) is 29.8 Å². The first-order valence-corrected chi connectivity index (χ1v) is 6.53. The van der Waals surface area contributed by atoms with Crippen LogP contribution in [0.1, 0.15) is 19.4 Å². The fourth-order valence-electron chi connectivity index (χ4n) is 1.71. The zero-order chi connectivity index (χ0) is 13.7. The van der Waals surface area contributed by atoms with Crippen LogP contribution >= 0.6 is 15.9 Å². The van der Waals surface area contributed by atoms with Crippen molar-refractivity contribution in [1.29, 1.82) is 0 Å². The largest absolute Gasteiger partial charge is 0.496 e. The van der Waals surface area contributed by atoms with Crippen LogP contribution in [0, 0.1) is 5.92 Å². The summed E-state index contributed by atoms with van der Waals surface area (Å²) in [6.45, 7) is 4.21. The third kappa shape index (κ3) is 3.99. The number of aliphatic carboxylic acids is 1. The molecule has 0 aromatic heterocycles. The van der Waals surface area contributed by atoms with Crippen LogP contribution in [0.3, 0.4) is 0 Å². The Labute approximate surface area is 115 Å². The molecule has 1 aromatic carbocycles. The highest BCUT2D eigenvalue weighted by Gasteiger charge is 2.20. The highest BCUT2D eigenvalue weighted by atomic mass is 79.9. The van der Waals surface area contributed by atoms with Crippen molar-refractivity contribution in [3.05, 3.63) is 28.2 Å². The lowest BCUT2D eigenvalue weighted by Crippen LogP contribution is -2.40. The fraction of sp³-hybridized carbons (Fsp3) is 0.462. The van der Waals surface area contributed by atoms with Crippen LogP contribution in [-0.2, 0) is 11.3 Å². The summed E-state index contributed by atoms with van der Waals surface area (Å²) in [6.07, 6.45) is 0. The van der Waals surface area contributed by atoms with Gasteiger partial charge in [-0.25, -0.2) is 0 Å². The first kappa shape index (κ1) is 15.0. The SMILES string of the molecule is COc1ccc(Br)cc1CN[C@H](C(=O)O)C(C)C. The van der Waals surface area contributed by atoms with Crippen molar-refractivity contribution in [2.24, 2.45) is 5.92 Å². The summed E-state index contributed by atoms with van der Waals surface area (Å²) in [5, 5.41) is 12.1. The van der Waals surface area contributed by atoms with E-state index in [-0.39, 0.29) is 5.92 Å². The highest BCUT2D eigenvalue weighted by molar-refractivity contribution is 9.10. The maximum Gasteiger partial charge on any atom is 0.320 e. The van der Waals surface area contributed by atoms with Crippen LogP contribution in [-0.4, -0.2) is 24.2 Å². The average Bonchev–Trinajstić information content (AvgIpc) is 2.28. The number of nitrogens with one attached hydrogen (secondary N) is 1. The van der Waals surface area contributed by atoms with Gasteiger partial charge in [-0.3, -0.25) is 10.1 Å². The predicted octanol–water partition coefficient (Wildman–Crippen LogP) is 2.66. The number of carbonyl (C=O) groups is 1. The van der Waals surface area contributed by atoms with Crippen molar-refractivity contribution in [2.75, 3.05) is 7.11 Å². The van der Waals surface area contributed by atoms with E-state index in [9.17, 15) is 4.79 Å². The second-order valence-corrected chi connectivity index (χ2v) is 5.31. The normalized spacial score (nSPS) is 12.5. The third-order valence-electron chi connectivity index (χ3n) is 2.69. The molecular weight excluding hydrogens is 298 g/mol. The number of ether oxygens (including phenoxy) is 1. The number of benzene rings is 1. The highest BCUT2D eigenvalue weighted by Crippen LogP contribution is 2.23. The molecule has 0 saturated carbocycles. The number of rotatable bonds is 6. The smallest absolute Gasteiger partial charge is 0.320 e. The molecule has 2 N–H and O–H groups in total. The van der Waals surface area contributed by atoms with E-state index in [1.807, 2.05) is 32.0 Å².